The molecule has 6 heteroatoms. The van der Waals surface area contributed by atoms with E-state index in [0.29, 0.717) is 11.5 Å². The molecule has 1 fully saturated rings. The number of benzene rings is 1. The summed E-state index contributed by atoms with van der Waals surface area (Å²) < 4.78 is 5.71. The van der Waals surface area contributed by atoms with Crippen molar-refractivity contribution in [2.45, 2.75) is 33.2 Å². The normalized spacial score (nSPS) is 15.6. The predicted molar refractivity (Wildman–Crippen MR) is 109 cm³/mol. The Bertz CT molecular complexity index is 992. The third-order valence-electron chi connectivity index (χ3n) is 5.60. The number of aromatic nitrogens is 2. The van der Waals surface area contributed by atoms with Crippen molar-refractivity contribution in [1.82, 2.24) is 14.9 Å². The van der Waals surface area contributed by atoms with Gasteiger partial charge in [-0.1, -0.05) is 18.2 Å². The Kier molecular flexibility index (Phi) is 5.27. The lowest BCUT2D eigenvalue weighted by molar-refractivity contribution is 0.167. The number of oxazole rings is 1. The predicted octanol–water partition coefficient (Wildman–Crippen LogP) is 4.04. The van der Waals surface area contributed by atoms with Gasteiger partial charge in [-0.15, -0.1) is 0 Å². The minimum absolute atomic E-state index is 0.586. The summed E-state index contributed by atoms with van der Waals surface area (Å²) in [5, 5.41) is 14.0. The minimum atomic E-state index is 0.586. The number of fused-ring (bicyclic) bond motifs is 1. The molecule has 1 aliphatic rings. The zero-order valence-electron chi connectivity index (χ0n) is 16.4. The summed E-state index contributed by atoms with van der Waals surface area (Å²) in [6.45, 7) is 7.67. The van der Waals surface area contributed by atoms with E-state index in [1.54, 1.807) is 6.20 Å². The maximum atomic E-state index is 9.46. The number of rotatable bonds is 5. The van der Waals surface area contributed by atoms with Gasteiger partial charge in [-0.3, -0.25) is 9.88 Å². The molecule has 3 aromatic rings. The van der Waals surface area contributed by atoms with E-state index in [2.05, 4.69) is 26.3 Å². The van der Waals surface area contributed by atoms with Gasteiger partial charge in [-0.25, -0.2) is 4.98 Å². The molecule has 144 valence electrons. The molecule has 0 unspecified atom stereocenters. The number of piperidine rings is 1. The average molecular weight is 375 g/mol. The van der Waals surface area contributed by atoms with Crippen molar-refractivity contribution in [2.24, 2.45) is 5.92 Å². The second-order valence-corrected chi connectivity index (χ2v) is 7.53. The fourth-order valence-electron chi connectivity index (χ4n) is 3.81. The van der Waals surface area contributed by atoms with Crippen LogP contribution in [0.1, 0.15) is 35.7 Å². The second kappa shape index (κ2) is 7.99. The number of anilines is 1. The molecular weight excluding hydrogens is 350 g/mol. The highest BCUT2D eigenvalue weighted by Crippen LogP contribution is 2.27. The molecule has 1 N–H and O–H groups in total. The van der Waals surface area contributed by atoms with Gasteiger partial charge in [0.25, 0.3) is 0 Å². The molecule has 0 bridgehead atoms. The lowest BCUT2D eigenvalue weighted by Gasteiger charge is -2.31. The molecule has 6 nitrogen and oxygen atoms in total. The van der Waals surface area contributed by atoms with Gasteiger partial charge < -0.3 is 9.73 Å². The summed E-state index contributed by atoms with van der Waals surface area (Å²) in [6, 6.07) is 10.2. The summed E-state index contributed by atoms with van der Waals surface area (Å²) in [4.78, 5) is 11.3. The summed E-state index contributed by atoms with van der Waals surface area (Å²) in [5.41, 5.74) is 3.40. The van der Waals surface area contributed by atoms with Crippen LogP contribution in [0.25, 0.3) is 10.9 Å². The molecule has 0 radical (unpaired) electrons. The van der Waals surface area contributed by atoms with E-state index in [-0.39, 0.29) is 0 Å². The first kappa shape index (κ1) is 18.5. The van der Waals surface area contributed by atoms with Crippen LogP contribution in [-0.2, 0) is 6.54 Å². The van der Waals surface area contributed by atoms with E-state index in [9.17, 15) is 5.26 Å². The zero-order chi connectivity index (χ0) is 19.5. The van der Waals surface area contributed by atoms with Gasteiger partial charge >= 0.3 is 0 Å². The van der Waals surface area contributed by atoms with Crippen LogP contribution in [0.4, 0.5) is 5.69 Å². The Labute approximate surface area is 165 Å². The molecule has 0 amide bonds. The number of nitrogens with zero attached hydrogens (tertiary/aromatic N) is 4. The minimum Gasteiger partial charge on any atom is -0.444 e. The van der Waals surface area contributed by atoms with Crippen LogP contribution in [0.5, 0.6) is 0 Å². The molecule has 1 aromatic carbocycles. The molecule has 2 aromatic heterocycles. The summed E-state index contributed by atoms with van der Waals surface area (Å²) in [6.07, 6.45) is 3.90. The lowest BCUT2D eigenvalue weighted by Crippen LogP contribution is -2.35. The van der Waals surface area contributed by atoms with Crippen LogP contribution in [-0.4, -0.2) is 34.5 Å². The van der Waals surface area contributed by atoms with Crippen molar-refractivity contribution in [3.63, 3.8) is 0 Å². The quantitative estimate of drug-likeness (QED) is 0.725. The van der Waals surface area contributed by atoms with Gasteiger partial charge in [-0.05, 0) is 51.8 Å². The lowest BCUT2D eigenvalue weighted by atomic mass is 9.96. The second-order valence-electron chi connectivity index (χ2n) is 7.53. The number of nitrogens with one attached hydrogen (secondary N) is 1. The molecule has 0 spiro atoms. The molecule has 1 aliphatic heterocycles. The monoisotopic (exact) mass is 375 g/mol. The summed E-state index contributed by atoms with van der Waals surface area (Å²) >= 11 is 0. The van der Waals surface area contributed by atoms with Crippen LogP contribution < -0.4 is 5.32 Å². The van der Waals surface area contributed by atoms with Gasteiger partial charge in [0, 0.05) is 18.1 Å². The number of para-hydroxylation sites is 1. The van der Waals surface area contributed by atoms with Crippen LogP contribution in [0.3, 0.4) is 0 Å². The highest BCUT2D eigenvalue weighted by molar-refractivity contribution is 5.93. The van der Waals surface area contributed by atoms with Gasteiger partial charge in [0.2, 0.25) is 5.89 Å². The smallest absolute Gasteiger partial charge is 0.208 e. The van der Waals surface area contributed by atoms with Gasteiger partial charge in [0.15, 0.2) is 0 Å². The van der Waals surface area contributed by atoms with Crippen molar-refractivity contribution in [1.29, 1.82) is 5.26 Å². The molecule has 4 rings (SSSR count). The van der Waals surface area contributed by atoms with E-state index >= 15 is 0 Å². The fraction of sp³-hybridized carbons (Fsp3) is 0.409. The van der Waals surface area contributed by atoms with E-state index in [1.807, 2.05) is 38.1 Å². The van der Waals surface area contributed by atoms with Gasteiger partial charge in [0.05, 0.1) is 29.0 Å². The molecule has 1 saturated heterocycles. The Balaban J connectivity index is 1.36. The first-order valence-electron chi connectivity index (χ1n) is 9.81. The third kappa shape index (κ3) is 3.85. The van der Waals surface area contributed by atoms with Crippen molar-refractivity contribution in [3.8, 4) is 6.07 Å². The Hall–Kier alpha value is -2.91. The van der Waals surface area contributed by atoms with Crippen LogP contribution in [0, 0.1) is 31.1 Å². The van der Waals surface area contributed by atoms with Crippen molar-refractivity contribution in [3.05, 3.63) is 53.4 Å². The first-order valence-corrected chi connectivity index (χ1v) is 9.81. The molecule has 0 atom stereocenters. The number of likely N-dealkylation sites (tertiary alicyclic amines) is 1. The standard InChI is InChI=1S/C22H25N5O/c1-15-16(2)28-21(26-15)14-27-9-7-17(8-10-27)12-25-22-18(11-23)13-24-20-6-4-3-5-19(20)22/h3-6,13,17H,7-10,12,14H2,1-2H3,(H,24,25). The SMILES string of the molecule is Cc1nc(CN2CCC(CNc3c(C#N)cnc4ccccc34)CC2)oc1C. The van der Waals surface area contributed by atoms with E-state index in [4.69, 9.17) is 4.42 Å². The third-order valence-corrected chi connectivity index (χ3v) is 5.60. The Morgan fingerprint density at radius 3 is 2.75 bits per heavy atom. The number of aryl methyl sites for hydroxylation is 2. The largest absolute Gasteiger partial charge is 0.444 e. The number of nitriles is 1. The first-order chi connectivity index (χ1) is 13.6. The maximum absolute atomic E-state index is 9.46. The highest BCUT2D eigenvalue weighted by atomic mass is 16.4. The van der Waals surface area contributed by atoms with Crippen LogP contribution in [0.15, 0.2) is 34.9 Å². The summed E-state index contributed by atoms with van der Waals surface area (Å²) in [7, 11) is 0. The van der Waals surface area contributed by atoms with E-state index in [0.717, 1.165) is 73.0 Å². The van der Waals surface area contributed by atoms with E-state index in [1.165, 1.54) is 0 Å². The highest BCUT2D eigenvalue weighted by Gasteiger charge is 2.21. The van der Waals surface area contributed by atoms with E-state index < -0.39 is 0 Å². The maximum Gasteiger partial charge on any atom is 0.208 e. The van der Waals surface area contributed by atoms with Crippen molar-refractivity contribution in [2.75, 3.05) is 25.0 Å². The van der Waals surface area contributed by atoms with Crippen LogP contribution >= 0.6 is 0 Å². The molecule has 3 heterocycles. The Morgan fingerprint density at radius 2 is 2.04 bits per heavy atom. The molecule has 0 aliphatic carbocycles. The average Bonchev–Trinajstić information content (AvgIpc) is 3.04. The topological polar surface area (TPSA) is 78.0 Å². The number of pyridine rings is 1. The van der Waals surface area contributed by atoms with Crippen molar-refractivity contribution >= 4 is 16.6 Å². The van der Waals surface area contributed by atoms with Crippen molar-refractivity contribution < 1.29 is 4.42 Å². The molecule has 28 heavy (non-hydrogen) atoms. The number of hydrogen-bond donors (Lipinski definition) is 1. The van der Waals surface area contributed by atoms with Crippen LogP contribution in [0.2, 0.25) is 0 Å². The van der Waals surface area contributed by atoms with Gasteiger partial charge in [-0.2, -0.15) is 5.26 Å². The number of hydrogen-bond acceptors (Lipinski definition) is 6. The fourth-order valence-corrected chi connectivity index (χ4v) is 3.81. The summed E-state index contributed by atoms with van der Waals surface area (Å²) in [5.74, 6) is 2.31. The van der Waals surface area contributed by atoms with Gasteiger partial charge in [0.1, 0.15) is 11.8 Å². The molecular formula is C22H25N5O. The Morgan fingerprint density at radius 1 is 1.25 bits per heavy atom. The zero-order valence-corrected chi connectivity index (χ0v) is 16.4. The molecule has 0 saturated carbocycles.